The molecule has 0 aliphatic heterocycles. The zero-order valence-corrected chi connectivity index (χ0v) is 17.3. The van der Waals surface area contributed by atoms with Gasteiger partial charge in [0.05, 0.1) is 0 Å². The van der Waals surface area contributed by atoms with E-state index in [1.54, 1.807) is 36.4 Å². The van der Waals surface area contributed by atoms with Gasteiger partial charge in [-0.3, -0.25) is 0 Å². The summed E-state index contributed by atoms with van der Waals surface area (Å²) in [4.78, 5) is 18.4. The number of aliphatic carboxylic acids is 1. The molecule has 0 aliphatic carbocycles. The first-order chi connectivity index (χ1) is 16.2. The SMILES string of the molecule is O=C(O)COc1ccc2cc(-c3nc(OCc4ccccc4F)cc(C(F)(F)F)n3)ccc2c1. The first-order valence-corrected chi connectivity index (χ1v) is 9.90. The van der Waals surface area contributed by atoms with Gasteiger partial charge in [-0.1, -0.05) is 36.4 Å². The summed E-state index contributed by atoms with van der Waals surface area (Å²) in [6, 6.07) is 16.0. The Hall–Kier alpha value is -4.21. The summed E-state index contributed by atoms with van der Waals surface area (Å²) in [5.74, 6) is -1.90. The van der Waals surface area contributed by atoms with Crippen molar-refractivity contribution in [1.29, 1.82) is 0 Å². The molecule has 0 atom stereocenters. The Morgan fingerprint density at radius 2 is 1.65 bits per heavy atom. The van der Waals surface area contributed by atoms with E-state index in [4.69, 9.17) is 14.6 Å². The van der Waals surface area contributed by atoms with Crippen LogP contribution in [0.1, 0.15) is 11.3 Å². The molecule has 3 aromatic carbocycles. The molecule has 0 spiro atoms. The van der Waals surface area contributed by atoms with Crippen molar-refractivity contribution in [3.05, 3.63) is 83.8 Å². The minimum absolute atomic E-state index is 0.169. The number of hydrogen-bond acceptors (Lipinski definition) is 5. The summed E-state index contributed by atoms with van der Waals surface area (Å²) in [6.45, 7) is -0.811. The maximum atomic E-state index is 13.8. The van der Waals surface area contributed by atoms with Gasteiger partial charge in [0.25, 0.3) is 0 Å². The molecule has 1 aromatic heterocycles. The number of benzene rings is 3. The van der Waals surface area contributed by atoms with Crippen molar-refractivity contribution in [3.63, 3.8) is 0 Å². The quantitative estimate of drug-likeness (QED) is 0.358. The van der Waals surface area contributed by atoms with Crippen LogP contribution < -0.4 is 9.47 Å². The highest BCUT2D eigenvalue weighted by Gasteiger charge is 2.34. The summed E-state index contributed by atoms with van der Waals surface area (Å²) in [5, 5.41) is 10.0. The normalized spacial score (nSPS) is 11.4. The van der Waals surface area contributed by atoms with E-state index in [-0.39, 0.29) is 23.9 Å². The standard InChI is InChI=1S/C24H16F4N2O4/c25-19-4-2-1-3-17(19)12-34-21-11-20(24(26,27)28)29-23(30-21)16-6-5-15-10-18(33-13-22(31)32)8-7-14(15)9-16/h1-11H,12-13H2,(H,31,32). The maximum absolute atomic E-state index is 13.8. The van der Waals surface area contributed by atoms with Crippen LogP contribution in [0.3, 0.4) is 0 Å². The van der Waals surface area contributed by atoms with Gasteiger partial charge in [-0.2, -0.15) is 18.2 Å². The van der Waals surface area contributed by atoms with Crippen LogP contribution in [-0.4, -0.2) is 27.7 Å². The molecule has 0 saturated carbocycles. The highest BCUT2D eigenvalue weighted by atomic mass is 19.4. The lowest BCUT2D eigenvalue weighted by atomic mass is 10.1. The number of nitrogens with zero attached hydrogens (tertiary/aromatic N) is 2. The third-order valence-corrected chi connectivity index (χ3v) is 4.76. The highest BCUT2D eigenvalue weighted by Crippen LogP contribution is 2.33. The number of aromatic nitrogens is 2. The summed E-state index contributed by atoms with van der Waals surface area (Å²) in [6.07, 6.45) is -4.75. The molecule has 6 nitrogen and oxygen atoms in total. The lowest BCUT2D eigenvalue weighted by Crippen LogP contribution is -2.11. The van der Waals surface area contributed by atoms with Gasteiger partial charge in [0.2, 0.25) is 5.88 Å². The molecule has 0 aliphatic rings. The predicted octanol–water partition coefficient (Wildman–Crippen LogP) is 5.50. The van der Waals surface area contributed by atoms with Crippen LogP contribution in [0.4, 0.5) is 17.6 Å². The van der Waals surface area contributed by atoms with Crippen molar-refractivity contribution in [3.8, 4) is 23.0 Å². The number of halogens is 4. The number of carbonyl (C=O) groups is 1. The number of carboxylic acids is 1. The van der Waals surface area contributed by atoms with Gasteiger partial charge in [0.1, 0.15) is 18.2 Å². The van der Waals surface area contributed by atoms with Crippen LogP contribution in [0.15, 0.2) is 66.7 Å². The fraction of sp³-hybridized carbons (Fsp3) is 0.125. The Bertz CT molecular complexity index is 1360. The summed E-state index contributed by atoms with van der Waals surface area (Å²) in [5.41, 5.74) is -0.727. The average molecular weight is 472 g/mol. The summed E-state index contributed by atoms with van der Waals surface area (Å²) in [7, 11) is 0. The van der Waals surface area contributed by atoms with Crippen LogP contribution in [0, 0.1) is 5.82 Å². The summed E-state index contributed by atoms with van der Waals surface area (Å²) >= 11 is 0. The van der Waals surface area contributed by atoms with Crippen LogP contribution in [0.2, 0.25) is 0 Å². The molecule has 0 unspecified atom stereocenters. The number of alkyl halides is 3. The van der Waals surface area contributed by atoms with Crippen molar-refractivity contribution >= 4 is 16.7 Å². The number of rotatable bonds is 7. The van der Waals surface area contributed by atoms with Crippen molar-refractivity contribution in [1.82, 2.24) is 9.97 Å². The third-order valence-electron chi connectivity index (χ3n) is 4.76. The Balaban J connectivity index is 1.66. The monoisotopic (exact) mass is 472 g/mol. The van der Waals surface area contributed by atoms with E-state index in [0.717, 1.165) is 0 Å². The molecule has 0 fully saturated rings. The molecular formula is C24H16F4N2O4. The minimum Gasteiger partial charge on any atom is -0.482 e. The van der Waals surface area contributed by atoms with Gasteiger partial charge >= 0.3 is 12.1 Å². The third kappa shape index (κ3) is 5.40. The number of fused-ring (bicyclic) bond motifs is 1. The van der Waals surface area contributed by atoms with Gasteiger partial charge in [-0.25, -0.2) is 14.2 Å². The first kappa shape index (κ1) is 23.0. The number of hydrogen-bond donors (Lipinski definition) is 1. The van der Waals surface area contributed by atoms with Crippen molar-refractivity contribution < 1.29 is 36.9 Å². The minimum atomic E-state index is -4.75. The van der Waals surface area contributed by atoms with Crippen molar-refractivity contribution in [2.45, 2.75) is 12.8 Å². The van der Waals surface area contributed by atoms with E-state index in [9.17, 15) is 22.4 Å². The smallest absolute Gasteiger partial charge is 0.433 e. The lowest BCUT2D eigenvalue weighted by molar-refractivity contribution is -0.141. The van der Waals surface area contributed by atoms with Crippen molar-refractivity contribution in [2.75, 3.05) is 6.61 Å². The van der Waals surface area contributed by atoms with Crippen LogP contribution >= 0.6 is 0 Å². The van der Waals surface area contributed by atoms with Gasteiger partial charge in [-0.15, -0.1) is 0 Å². The molecule has 0 radical (unpaired) electrons. The van der Waals surface area contributed by atoms with E-state index in [1.807, 2.05) is 0 Å². The summed E-state index contributed by atoms with van der Waals surface area (Å²) < 4.78 is 64.7. The fourth-order valence-corrected chi connectivity index (χ4v) is 3.14. The average Bonchev–Trinajstić information content (AvgIpc) is 2.81. The predicted molar refractivity (Wildman–Crippen MR) is 114 cm³/mol. The second-order valence-electron chi connectivity index (χ2n) is 7.20. The van der Waals surface area contributed by atoms with Crippen molar-refractivity contribution in [2.24, 2.45) is 0 Å². The van der Waals surface area contributed by atoms with E-state index in [1.165, 1.54) is 24.3 Å². The molecule has 0 saturated heterocycles. The molecular weight excluding hydrogens is 456 g/mol. The molecule has 4 aromatic rings. The first-order valence-electron chi connectivity index (χ1n) is 9.90. The lowest BCUT2D eigenvalue weighted by Gasteiger charge is -2.12. The molecule has 1 N–H and O–H groups in total. The Morgan fingerprint density at radius 3 is 2.38 bits per heavy atom. The molecule has 0 bridgehead atoms. The second-order valence-corrected chi connectivity index (χ2v) is 7.20. The zero-order valence-electron chi connectivity index (χ0n) is 17.3. The number of ether oxygens (including phenoxy) is 2. The Morgan fingerprint density at radius 1 is 0.912 bits per heavy atom. The van der Waals surface area contributed by atoms with Crippen LogP contribution in [0.5, 0.6) is 11.6 Å². The van der Waals surface area contributed by atoms with Gasteiger partial charge in [-0.05, 0) is 35.0 Å². The largest absolute Gasteiger partial charge is 0.482 e. The van der Waals surface area contributed by atoms with Gasteiger partial charge in [0.15, 0.2) is 18.1 Å². The van der Waals surface area contributed by atoms with E-state index in [2.05, 4.69) is 9.97 Å². The van der Waals surface area contributed by atoms with Gasteiger partial charge in [0, 0.05) is 17.2 Å². The zero-order chi connectivity index (χ0) is 24.3. The molecule has 4 rings (SSSR count). The molecule has 0 amide bonds. The van der Waals surface area contributed by atoms with Crippen LogP contribution in [0.25, 0.3) is 22.2 Å². The maximum Gasteiger partial charge on any atom is 0.433 e. The molecule has 1 heterocycles. The molecule has 10 heteroatoms. The highest BCUT2D eigenvalue weighted by molar-refractivity contribution is 5.87. The molecule has 174 valence electrons. The van der Waals surface area contributed by atoms with Gasteiger partial charge < -0.3 is 14.6 Å². The Labute approximate surface area is 190 Å². The van der Waals surface area contributed by atoms with E-state index in [0.29, 0.717) is 28.2 Å². The molecule has 34 heavy (non-hydrogen) atoms. The second kappa shape index (κ2) is 9.34. The number of carboxylic acid groups (broad SMARTS) is 1. The topological polar surface area (TPSA) is 81.5 Å². The van der Waals surface area contributed by atoms with E-state index >= 15 is 0 Å². The van der Waals surface area contributed by atoms with Crippen LogP contribution in [-0.2, 0) is 17.6 Å². The Kier molecular flexibility index (Phi) is 6.31. The van der Waals surface area contributed by atoms with E-state index < -0.39 is 30.3 Å². The fourth-order valence-electron chi connectivity index (χ4n) is 3.14.